The van der Waals surface area contributed by atoms with Gasteiger partial charge in [-0.15, -0.1) is 0 Å². The fourth-order valence-corrected chi connectivity index (χ4v) is 4.80. The van der Waals surface area contributed by atoms with Gasteiger partial charge in [-0.25, -0.2) is 10.3 Å². The second kappa shape index (κ2) is 9.02. The van der Waals surface area contributed by atoms with Crippen LogP contribution in [-0.4, -0.2) is 58.9 Å². The van der Waals surface area contributed by atoms with Crippen LogP contribution in [0.2, 0.25) is 0 Å². The first-order valence-electron chi connectivity index (χ1n) is 10.6. The van der Waals surface area contributed by atoms with E-state index in [0.717, 1.165) is 21.9 Å². The van der Waals surface area contributed by atoms with Crippen LogP contribution in [0, 0.1) is 0 Å². The first-order chi connectivity index (χ1) is 15.5. The molecule has 2 aromatic carbocycles. The highest BCUT2D eigenvalue weighted by molar-refractivity contribution is 5.95. The Balaban J connectivity index is 1.83. The summed E-state index contributed by atoms with van der Waals surface area (Å²) in [5.74, 6) is -0.826. The van der Waals surface area contributed by atoms with Crippen LogP contribution in [-0.2, 0) is 9.59 Å². The number of piperidine rings is 1. The molecule has 168 valence electrons. The van der Waals surface area contributed by atoms with Crippen molar-refractivity contribution in [1.82, 2.24) is 15.7 Å². The molecule has 8 nitrogen and oxygen atoms in total. The Morgan fingerprint density at radius 1 is 1.22 bits per heavy atom. The quantitative estimate of drug-likeness (QED) is 0.406. The number of nitrogens with zero attached hydrogens (tertiary/aromatic N) is 1. The summed E-state index contributed by atoms with van der Waals surface area (Å²) in [5, 5.41) is 24.4. The number of nitrogens with one attached hydrogen (secondary N) is 2. The number of amides is 1. The number of aliphatic carboxylic acids is 1. The van der Waals surface area contributed by atoms with Gasteiger partial charge in [-0.1, -0.05) is 42.5 Å². The van der Waals surface area contributed by atoms with Crippen LogP contribution in [0.3, 0.4) is 0 Å². The van der Waals surface area contributed by atoms with E-state index in [1.807, 2.05) is 42.6 Å². The standard InChI is InChI=1S/C24H27N3O5/c1-32-22-18-5-3-2-4-16(18)6-8-19(22)17-7-9-20(23(29)30)27(15-17)24(14-21(28)26-31)10-12-25-13-11-24/h2-9,15,20,25,31H,10-14H2,1H3,(H,26,28)(H,29,30). The van der Waals surface area contributed by atoms with Crippen molar-refractivity contribution >= 4 is 28.2 Å². The Kier molecular flexibility index (Phi) is 6.16. The molecule has 0 aliphatic carbocycles. The lowest BCUT2D eigenvalue weighted by Crippen LogP contribution is -2.59. The maximum Gasteiger partial charge on any atom is 0.330 e. The highest BCUT2D eigenvalue weighted by atomic mass is 16.5. The van der Waals surface area contributed by atoms with E-state index in [1.54, 1.807) is 29.6 Å². The van der Waals surface area contributed by atoms with Crippen molar-refractivity contribution in [2.75, 3.05) is 20.2 Å². The number of carbonyl (C=O) groups excluding carboxylic acids is 1. The maximum atomic E-state index is 12.2. The molecule has 1 amide bonds. The van der Waals surface area contributed by atoms with E-state index in [4.69, 9.17) is 9.94 Å². The lowest BCUT2D eigenvalue weighted by Gasteiger charge is -2.49. The molecule has 1 fully saturated rings. The summed E-state index contributed by atoms with van der Waals surface area (Å²) in [5.41, 5.74) is 2.60. The molecule has 0 saturated carbocycles. The second-order valence-corrected chi connectivity index (χ2v) is 8.19. The Morgan fingerprint density at radius 2 is 1.97 bits per heavy atom. The largest absolute Gasteiger partial charge is 0.495 e. The third-order valence-corrected chi connectivity index (χ3v) is 6.38. The summed E-state index contributed by atoms with van der Waals surface area (Å²) in [6.45, 7) is 1.29. The van der Waals surface area contributed by atoms with Crippen molar-refractivity contribution in [3.8, 4) is 5.75 Å². The summed E-state index contributed by atoms with van der Waals surface area (Å²) >= 11 is 0. The molecule has 8 heteroatoms. The first kappa shape index (κ1) is 21.9. The average Bonchev–Trinajstić information content (AvgIpc) is 2.83. The molecule has 2 heterocycles. The molecule has 1 saturated heterocycles. The Labute approximate surface area is 186 Å². The number of carbonyl (C=O) groups is 2. The number of hydrogen-bond donors (Lipinski definition) is 4. The van der Waals surface area contributed by atoms with Crippen molar-refractivity contribution in [1.29, 1.82) is 0 Å². The zero-order valence-corrected chi connectivity index (χ0v) is 17.9. The molecule has 4 rings (SSSR count). The molecular formula is C24H27N3O5. The van der Waals surface area contributed by atoms with Crippen LogP contribution in [0.15, 0.2) is 54.8 Å². The van der Waals surface area contributed by atoms with Gasteiger partial charge in [0, 0.05) is 22.7 Å². The maximum absolute atomic E-state index is 12.2. The van der Waals surface area contributed by atoms with E-state index in [0.29, 0.717) is 31.7 Å². The van der Waals surface area contributed by atoms with Gasteiger partial charge < -0.3 is 20.1 Å². The Morgan fingerprint density at radius 3 is 2.66 bits per heavy atom. The van der Waals surface area contributed by atoms with Crippen molar-refractivity contribution in [3.63, 3.8) is 0 Å². The number of methoxy groups -OCH3 is 1. The van der Waals surface area contributed by atoms with Gasteiger partial charge in [0.25, 0.3) is 0 Å². The van der Waals surface area contributed by atoms with Gasteiger partial charge in [-0.05, 0) is 37.4 Å². The highest BCUT2D eigenvalue weighted by Crippen LogP contribution is 2.40. The molecule has 0 radical (unpaired) electrons. The third-order valence-electron chi connectivity index (χ3n) is 6.38. The number of benzene rings is 2. The minimum atomic E-state index is -0.996. The van der Waals surface area contributed by atoms with Crippen molar-refractivity contribution in [2.24, 2.45) is 0 Å². The number of rotatable bonds is 6. The van der Waals surface area contributed by atoms with E-state index in [1.165, 1.54) is 0 Å². The van der Waals surface area contributed by atoms with E-state index >= 15 is 0 Å². The summed E-state index contributed by atoms with van der Waals surface area (Å²) < 4.78 is 5.76. The summed E-state index contributed by atoms with van der Waals surface area (Å²) in [7, 11) is 1.62. The van der Waals surface area contributed by atoms with Gasteiger partial charge in [-0.2, -0.15) is 0 Å². The molecule has 2 aromatic rings. The molecule has 0 spiro atoms. The number of hydroxylamine groups is 1. The van der Waals surface area contributed by atoms with Gasteiger partial charge in [0.1, 0.15) is 11.8 Å². The van der Waals surface area contributed by atoms with Gasteiger partial charge in [0.2, 0.25) is 5.91 Å². The van der Waals surface area contributed by atoms with Gasteiger partial charge >= 0.3 is 5.97 Å². The number of carboxylic acids is 1. The fourth-order valence-electron chi connectivity index (χ4n) is 4.80. The van der Waals surface area contributed by atoms with E-state index < -0.39 is 23.5 Å². The number of allylic oxidation sites excluding steroid dienone is 2. The molecule has 0 bridgehead atoms. The molecule has 4 N–H and O–H groups in total. The van der Waals surface area contributed by atoms with E-state index in [9.17, 15) is 14.7 Å². The van der Waals surface area contributed by atoms with Crippen LogP contribution >= 0.6 is 0 Å². The van der Waals surface area contributed by atoms with Crippen molar-refractivity contribution in [3.05, 3.63) is 60.3 Å². The van der Waals surface area contributed by atoms with Gasteiger partial charge in [-0.3, -0.25) is 10.0 Å². The minimum absolute atomic E-state index is 0.0125. The van der Waals surface area contributed by atoms with E-state index in [2.05, 4.69) is 5.32 Å². The third kappa shape index (κ3) is 3.94. The molecule has 0 aromatic heterocycles. The normalized spacial score (nSPS) is 20.0. The molecular weight excluding hydrogens is 410 g/mol. The van der Waals surface area contributed by atoms with Gasteiger partial charge in [0.15, 0.2) is 0 Å². The molecule has 2 aliphatic heterocycles. The SMILES string of the molecule is COc1c(C2=CN(C3(CC(=O)NO)CCNCC3)C(C(=O)O)C=C2)ccc2ccccc12. The summed E-state index contributed by atoms with van der Waals surface area (Å²) in [6.07, 6.45) is 6.38. The number of ether oxygens (including phenoxy) is 1. The average molecular weight is 437 g/mol. The smallest absolute Gasteiger partial charge is 0.330 e. The highest BCUT2D eigenvalue weighted by Gasteiger charge is 2.44. The zero-order valence-electron chi connectivity index (χ0n) is 17.9. The van der Waals surface area contributed by atoms with Gasteiger partial charge in [0.05, 0.1) is 19.1 Å². The monoisotopic (exact) mass is 437 g/mol. The molecule has 1 unspecified atom stereocenters. The van der Waals surface area contributed by atoms with Crippen LogP contribution in [0.5, 0.6) is 5.75 Å². The number of fused-ring (bicyclic) bond motifs is 1. The lowest BCUT2D eigenvalue weighted by atomic mass is 9.81. The second-order valence-electron chi connectivity index (χ2n) is 8.19. The molecule has 32 heavy (non-hydrogen) atoms. The van der Waals surface area contributed by atoms with Crippen LogP contribution < -0.4 is 15.5 Å². The van der Waals surface area contributed by atoms with Crippen LogP contribution in [0.25, 0.3) is 16.3 Å². The van der Waals surface area contributed by atoms with Crippen LogP contribution in [0.4, 0.5) is 0 Å². The molecule has 2 aliphatic rings. The Bertz CT molecular complexity index is 1090. The van der Waals surface area contributed by atoms with Crippen molar-refractivity contribution < 1.29 is 24.6 Å². The molecule has 1 atom stereocenters. The minimum Gasteiger partial charge on any atom is -0.495 e. The predicted octanol–water partition coefficient (Wildman–Crippen LogP) is 2.53. The van der Waals surface area contributed by atoms with Crippen LogP contribution in [0.1, 0.15) is 24.8 Å². The predicted molar refractivity (Wildman–Crippen MR) is 120 cm³/mol. The fraction of sp³-hybridized carbons (Fsp3) is 0.333. The number of carboxylic acid groups (broad SMARTS) is 1. The van der Waals surface area contributed by atoms with E-state index in [-0.39, 0.29) is 6.42 Å². The summed E-state index contributed by atoms with van der Waals surface area (Å²) in [6, 6.07) is 11.0. The zero-order chi connectivity index (χ0) is 22.7. The number of hydrogen-bond acceptors (Lipinski definition) is 6. The Hall–Kier alpha value is -3.36. The first-order valence-corrected chi connectivity index (χ1v) is 10.6. The van der Waals surface area contributed by atoms with Crippen molar-refractivity contribution in [2.45, 2.75) is 30.8 Å². The summed E-state index contributed by atoms with van der Waals surface area (Å²) in [4.78, 5) is 26.1. The lowest BCUT2D eigenvalue weighted by molar-refractivity contribution is -0.145. The topological polar surface area (TPSA) is 111 Å².